The van der Waals surface area contributed by atoms with E-state index < -0.39 is 0 Å². The number of rotatable bonds is 4. The highest BCUT2D eigenvalue weighted by Gasteiger charge is 2.45. The molecule has 0 saturated heterocycles. The molecule has 1 unspecified atom stereocenters. The van der Waals surface area contributed by atoms with Gasteiger partial charge in [0, 0.05) is 30.4 Å². The molecular weight excluding hydrogens is 272 g/mol. The van der Waals surface area contributed by atoms with E-state index >= 15 is 0 Å². The highest BCUT2D eigenvalue weighted by molar-refractivity contribution is 5.91. The Morgan fingerprint density at radius 2 is 1.86 bits per heavy atom. The third-order valence-electron chi connectivity index (χ3n) is 4.71. The number of carbonyl (C=O) groups excluding carboxylic acids is 1. The Labute approximate surface area is 131 Å². The van der Waals surface area contributed by atoms with Crippen LogP contribution in [-0.4, -0.2) is 18.5 Å². The van der Waals surface area contributed by atoms with Gasteiger partial charge in [0.25, 0.3) is 0 Å². The molecule has 2 aromatic carbocycles. The second-order valence-electron chi connectivity index (χ2n) is 6.25. The number of fused-ring (bicyclic) bond motifs is 2. The van der Waals surface area contributed by atoms with Gasteiger partial charge in [-0.25, -0.2) is 0 Å². The van der Waals surface area contributed by atoms with E-state index in [2.05, 4.69) is 34.5 Å². The fraction of sp³-hybridized carbons (Fsp3) is 0.316. The van der Waals surface area contributed by atoms with E-state index in [9.17, 15) is 4.79 Å². The Kier molecular flexibility index (Phi) is 3.34. The summed E-state index contributed by atoms with van der Waals surface area (Å²) in [5, 5.41) is 2.97. The fourth-order valence-electron chi connectivity index (χ4n) is 3.51. The molecule has 1 saturated carbocycles. The van der Waals surface area contributed by atoms with Crippen molar-refractivity contribution in [2.24, 2.45) is 5.92 Å². The van der Waals surface area contributed by atoms with Gasteiger partial charge in [0.05, 0.1) is 0 Å². The molecule has 1 N–H and O–H groups in total. The second-order valence-corrected chi connectivity index (χ2v) is 6.25. The van der Waals surface area contributed by atoms with Crippen molar-refractivity contribution < 1.29 is 4.79 Å². The van der Waals surface area contributed by atoms with Crippen LogP contribution in [-0.2, 0) is 11.2 Å². The van der Waals surface area contributed by atoms with Crippen LogP contribution in [0.2, 0.25) is 0 Å². The lowest BCUT2D eigenvalue weighted by molar-refractivity contribution is -0.116. The number of nitrogens with one attached hydrogen (secondary N) is 1. The van der Waals surface area contributed by atoms with E-state index in [0.29, 0.717) is 12.5 Å². The first kappa shape index (κ1) is 13.4. The highest BCUT2D eigenvalue weighted by atomic mass is 16.1. The quantitative estimate of drug-likeness (QED) is 0.936. The van der Waals surface area contributed by atoms with Crippen LogP contribution < -0.4 is 10.2 Å². The van der Waals surface area contributed by atoms with Crippen molar-refractivity contribution in [2.75, 3.05) is 16.8 Å². The first-order chi connectivity index (χ1) is 10.8. The Hall–Kier alpha value is -2.29. The lowest BCUT2D eigenvalue weighted by Crippen LogP contribution is -2.34. The number of para-hydroxylation sites is 2. The van der Waals surface area contributed by atoms with Crippen LogP contribution in [0.25, 0.3) is 0 Å². The van der Waals surface area contributed by atoms with E-state index in [1.54, 1.807) is 0 Å². The van der Waals surface area contributed by atoms with E-state index in [0.717, 1.165) is 18.2 Å². The molecule has 22 heavy (non-hydrogen) atoms. The molecule has 4 rings (SSSR count). The zero-order valence-corrected chi connectivity index (χ0v) is 12.5. The highest BCUT2D eigenvalue weighted by Crippen LogP contribution is 2.47. The summed E-state index contributed by atoms with van der Waals surface area (Å²) in [6, 6.07) is 18.9. The second kappa shape index (κ2) is 5.48. The molecule has 1 aliphatic heterocycles. The molecule has 1 aliphatic carbocycles. The van der Waals surface area contributed by atoms with Crippen LogP contribution in [0.15, 0.2) is 54.6 Å². The summed E-state index contributed by atoms with van der Waals surface area (Å²) in [5.41, 5.74) is 3.63. The van der Waals surface area contributed by atoms with Crippen molar-refractivity contribution in [1.29, 1.82) is 0 Å². The van der Waals surface area contributed by atoms with Gasteiger partial charge in [-0.05, 0) is 42.5 Å². The van der Waals surface area contributed by atoms with Gasteiger partial charge in [0.2, 0.25) is 5.91 Å². The molecule has 2 atom stereocenters. The number of hydrogen-bond acceptors (Lipinski definition) is 2. The van der Waals surface area contributed by atoms with E-state index in [-0.39, 0.29) is 5.91 Å². The Balaban J connectivity index is 1.41. The normalized spacial score (nSPS) is 21.7. The van der Waals surface area contributed by atoms with Crippen LogP contribution in [0.3, 0.4) is 0 Å². The number of carbonyl (C=O) groups is 1. The van der Waals surface area contributed by atoms with Gasteiger partial charge in [0.15, 0.2) is 0 Å². The number of benzene rings is 2. The molecule has 2 aromatic rings. The van der Waals surface area contributed by atoms with Crippen LogP contribution in [0.4, 0.5) is 11.4 Å². The zero-order chi connectivity index (χ0) is 14.9. The van der Waals surface area contributed by atoms with Crippen LogP contribution in [0, 0.1) is 5.92 Å². The summed E-state index contributed by atoms with van der Waals surface area (Å²) >= 11 is 0. The van der Waals surface area contributed by atoms with Gasteiger partial charge < -0.3 is 10.2 Å². The van der Waals surface area contributed by atoms with Crippen molar-refractivity contribution >= 4 is 17.3 Å². The van der Waals surface area contributed by atoms with Gasteiger partial charge in [-0.2, -0.15) is 0 Å². The van der Waals surface area contributed by atoms with Crippen molar-refractivity contribution in [2.45, 2.75) is 25.3 Å². The summed E-state index contributed by atoms with van der Waals surface area (Å²) in [4.78, 5) is 14.6. The smallest absolute Gasteiger partial charge is 0.226 e. The van der Waals surface area contributed by atoms with Gasteiger partial charge in [-0.3, -0.25) is 4.79 Å². The average molecular weight is 292 g/mol. The van der Waals surface area contributed by atoms with E-state index in [1.165, 1.54) is 24.1 Å². The molecule has 1 heterocycles. The van der Waals surface area contributed by atoms with Gasteiger partial charge in [0.1, 0.15) is 0 Å². The molecule has 0 aromatic heterocycles. The molecule has 1 amide bonds. The first-order valence-corrected chi connectivity index (χ1v) is 8.01. The number of hydrogen-bond donors (Lipinski definition) is 1. The van der Waals surface area contributed by atoms with Crippen molar-refractivity contribution in [3.63, 3.8) is 0 Å². The predicted octanol–water partition coefficient (Wildman–Crippen LogP) is 3.47. The third-order valence-corrected chi connectivity index (χ3v) is 4.71. The molecule has 0 bridgehead atoms. The lowest BCUT2D eigenvalue weighted by Gasteiger charge is -2.31. The van der Waals surface area contributed by atoms with Gasteiger partial charge in [-0.15, -0.1) is 0 Å². The molecular formula is C19H20N2O. The first-order valence-electron chi connectivity index (χ1n) is 8.01. The minimum Gasteiger partial charge on any atom is -0.368 e. The van der Waals surface area contributed by atoms with Crippen molar-refractivity contribution in [3.05, 3.63) is 60.2 Å². The van der Waals surface area contributed by atoms with Gasteiger partial charge >= 0.3 is 0 Å². The minimum atomic E-state index is 0.0893. The van der Waals surface area contributed by atoms with Crippen LogP contribution >= 0.6 is 0 Å². The van der Waals surface area contributed by atoms with Crippen LogP contribution in [0.1, 0.15) is 18.4 Å². The summed E-state index contributed by atoms with van der Waals surface area (Å²) in [7, 11) is 0. The van der Waals surface area contributed by atoms with E-state index in [1.807, 2.05) is 30.3 Å². The largest absolute Gasteiger partial charge is 0.368 e. The molecule has 3 heteroatoms. The summed E-state index contributed by atoms with van der Waals surface area (Å²) in [6.45, 7) is 0.802. The number of amides is 1. The third kappa shape index (κ3) is 2.59. The van der Waals surface area contributed by atoms with Crippen molar-refractivity contribution in [3.8, 4) is 0 Å². The molecule has 0 radical (unpaired) electrons. The monoisotopic (exact) mass is 292 g/mol. The predicted molar refractivity (Wildman–Crippen MR) is 89.1 cm³/mol. The fourth-order valence-corrected chi connectivity index (χ4v) is 3.51. The standard InChI is InChI=1S/C19H20N2O/c22-19(20-16-7-2-1-3-8-16)10-11-21-17-9-5-4-6-14(17)12-15-13-18(15)21/h1-9,15,18H,10-13H2,(H,20,22)/t15?,18-/m0/s1. The van der Waals surface area contributed by atoms with Gasteiger partial charge in [-0.1, -0.05) is 36.4 Å². The maximum atomic E-state index is 12.1. The molecule has 2 aliphatic rings. The SMILES string of the molecule is O=C(CCN1c2ccccc2CC2C[C@@H]21)Nc1ccccc1. The Morgan fingerprint density at radius 3 is 2.73 bits per heavy atom. The summed E-state index contributed by atoms with van der Waals surface area (Å²) in [6.07, 6.45) is 3.01. The molecule has 0 spiro atoms. The Bertz CT molecular complexity index is 683. The maximum absolute atomic E-state index is 12.1. The summed E-state index contributed by atoms with van der Waals surface area (Å²) in [5.74, 6) is 0.888. The molecule has 112 valence electrons. The number of nitrogens with zero attached hydrogens (tertiary/aromatic N) is 1. The van der Waals surface area contributed by atoms with E-state index in [4.69, 9.17) is 0 Å². The topological polar surface area (TPSA) is 32.3 Å². The average Bonchev–Trinajstić information content (AvgIpc) is 3.31. The zero-order valence-electron chi connectivity index (χ0n) is 12.5. The summed E-state index contributed by atoms with van der Waals surface area (Å²) < 4.78 is 0. The molecule has 1 fully saturated rings. The van der Waals surface area contributed by atoms with Crippen molar-refractivity contribution in [1.82, 2.24) is 0 Å². The van der Waals surface area contributed by atoms with Crippen LogP contribution in [0.5, 0.6) is 0 Å². The lowest BCUT2D eigenvalue weighted by atomic mass is 10.0. The number of anilines is 2. The molecule has 3 nitrogen and oxygen atoms in total. The maximum Gasteiger partial charge on any atom is 0.226 e. The minimum absolute atomic E-state index is 0.0893. The Morgan fingerprint density at radius 1 is 1.09 bits per heavy atom.